The molecular weight excluding hydrogens is 364 g/mol. The van der Waals surface area contributed by atoms with E-state index in [1.807, 2.05) is 59.5 Å². The van der Waals surface area contributed by atoms with Crippen LogP contribution in [-0.2, 0) is 26.2 Å². The van der Waals surface area contributed by atoms with Gasteiger partial charge in [0.25, 0.3) is 0 Å². The summed E-state index contributed by atoms with van der Waals surface area (Å²) in [5, 5.41) is 3.10. The van der Waals surface area contributed by atoms with Gasteiger partial charge in [-0.2, -0.15) is 0 Å². The number of hydrogen-bond donors (Lipinski definition) is 1. The summed E-state index contributed by atoms with van der Waals surface area (Å²) < 4.78 is 5.53. The molecule has 5 heteroatoms. The van der Waals surface area contributed by atoms with Crippen molar-refractivity contribution in [3.8, 4) is 0 Å². The van der Waals surface area contributed by atoms with Gasteiger partial charge in [0.15, 0.2) is 0 Å². The Bertz CT molecular complexity index is 836. The SMILES string of the molecule is O=C(Cc1ccc(NC(=O)C2(c3ccccc3)CCOCC2)cc1)N1CCCC1. The number of hydrogen-bond acceptors (Lipinski definition) is 3. The molecule has 0 radical (unpaired) electrons. The highest BCUT2D eigenvalue weighted by molar-refractivity contribution is 5.99. The Kier molecular flexibility index (Phi) is 5.95. The second kappa shape index (κ2) is 8.78. The molecule has 0 spiro atoms. The molecule has 0 saturated carbocycles. The fourth-order valence-corrected chi connectivity index (χ4v) is 4.33. The van der Waals surface area contributed by atoms with Crippen molar-refractivity contribution in [1.82, 2.24) is 4.90 Å². The van der Waals surface area contributed by atoms with Gasteiger partial charge in [-0.25, -0.2) is 0 Å². The van der Waals surface area contributed by atoms with Gasteiger partial charge < -0.3 is 15.0 Å². The number of carbonyl (C=O) groups excluding carboxylic acids is 2. The van der Waals surface area contributed by atoms with Crippen LogP contribution in [0, 0.1) is 0 Å². The summed E-state index contributed by atoms with van der Waals surface area (Å²) in [7, 11) is 0. The fraction of sp³-hybridized carbons (Fsp3) is 0.417. The molecule has 1 N–H and O–H groups in total. The van der Waals surface area contributed by atoms with Crippen LogP contribution in [0.25, 0.3) is 0 Å². The van der Waals surface area contributed by atoms with E-state index in [1.165, 1.54) is 0 Å². The molecule has 2 aliphatic rings. The molecule has 0 bridgehead atoms. The van der Waals surface area contributed by atoms with Crippen molar-refractivity contribution in [2.24, 2.45) is 0 Å². The van der Waals surface area contributed by atoms with Crippen molar-refractivity contribution >= 4 is 17.5 Å². The summed E-state index contributed by atoms with van der Waals surface area (Å²) in [5.74, 6) is 0.192. The van der Waals surface area contributed by atoms with E-state index in [4.69, 9.17) is 4.74 Å². The Hall–Kier alpha value is -2.66. The van der Waals surface area contributed by atoms with Crippen molar-refractivity contribution in [3.63, 3.8) is 0 Å². The zero-order chi connectivity index (χ0) is 20.1. The van der Waals surface area contributed by atoms with Gasteiger partial charge >= 0.3 is 0 Å². The lowest BCUT2D eigenvalue weighted by Gasteiger charge is -2.36. The predicted molar refractivity (Wildman–Crippen MR) is 113 cm³/mol. The molecule has 2 aromatic rings. The van der Waals surface area contributed by atoms with Crippen molar-refractivity contribution in [3.05, 3.63) is 65.7 Å². The smallest absolute Gasteiger partial charge is 0.235 e. The Morgan fingerprint density at radius 2 is 1.59 bits per heavy atom. The first-order valence-electron chi connectivity index (χ1n) is 10.5. The lowest BCUT2D eigenvalue weighted by molar-refractivity contribution is -0.129. The number of benzene rings is 2. The fourth-order valence-electron chi connectivity index (χ4n) is 4.33. The third kappa shape index (κ3) is 4.35. The minimum absolute atomic E-state index is 0.00731. The molecule has 2 amide bonds. The summed E-state index contributed by atoms with van der Waals surface area (Å²) in [6, 6.07) is 17.6. The van der Waals surface area contributed by atoms with E-state index >= 15 is 0 Å². The zero-order valence-electron chi connectivity index (χ0n) is 16.7. The van der Waals surface area contributed by atoms with Crippen LogP contribution in [0.5, 0.6) is 0 Å². The zero-order valence-corrected chi connectivity index (χ0v) is 16.7. The van der Waals surface area contributed by atoms with Gasteiger partial charge in [0.05, 0.1) is 11.8 Å². The third-order valence-corrected chi connectivity index (χ3v) is 6.13. The predicted octanol–water partition coefficient (Wildman–Crippen LogP) is 3.54. The first-order valence-corrected chi connectivity index (χ1v) is 10.5. The molecule has 0 aromatic heterocycles. The van der Waals surface area contributed by atoms with Crippen molar-refractivity contribution in [2.75, 3.05) is 31.6 Å². The molecule has 2 aromatic carbocycles. The van der Waals surface area contributed by atoms with Gasteiger partial charge in [0.2, 0.25) is 11.8 Å². The van der Waals surface area contributed by atoms with Crippen LogP contribution in [0.15, 0.2) is 54.6 Å². The molecule has 0 unspecified atom stereocenters. The quantitative estimate of drug-likeness (QED) is 0.847. The molecule has 5 nitrogen and oxygen atoms in total. The largest absolute Gasteiger partial charge is 0.381 e. The minimum Gasteiger partial charge on any atom is -0.381 e. The number of ether oxygens (including phenoxy) is 1. The van der Waals surface area contributed by atoms with Crippen LogP contribution in [0.3, 0.4) is 0 Å². The average Bonchev–Trinajstić information content (AvgIpc) is 3.31. The Labute approximate surface area is 172 Å². The van der Waals surface area contributed by atoms with Gasteiger partial charge in [0, 0.05) is 32.0 Å². The number of rotatable bonds is 5. The summed E-state index contributed by atoms with van der Waals surface area (Å²) in [4.78, 5) is 27.6. The topological polar surface area (TPSA) is 58.6 Å². The van der Waals surface area contributed by atoms with E-state index in [1.54, 1.807) is 0 Å². The second-order valence-corrected chi connectivity index (χ2v) is 7.98. The molecule has 2 aliphatic heterocycles. The van der Waals surface area contributed by atoms with E-state index in [0.717, 1.165) is 42.7 Å². The molecule has 0 aliphatic carbocycles. The highest BCUT2D eigenvalue weighted by atomic mass is 16.5. The molecule has 2 saturated heterocycles. The Balaban J connectivity index is 1.44. The van der Waals surface area contributed by atoms with Crippen LogP contribution in [0.1, 0.15) is 36.8 Å². The van der Waals surface area contributed by atoms with E-state index < -0.39 is 5.41 Å². The number of carbonyl (C=O) groups is 2. The minimum atomic E-state index is -0.566. The molecule has 2 fully saturated rings. The monoisotopic (exact) mass is 392 g/mol. The highest BCUT2D eigenvalue weighted by Gasteiger charge is 2.41. The Morgan fingerprint density at radius 1 is 0.931 bits per heavy atom. The van der Waals surface area contributed by atoms with Gasteiger partial charge in [-0.05, 0) is 48.9 Å². The summed E-state index contributed by atoms with van der Waals surface area (Å²) in [5.41, 5.74) is 2.20. The number of nitrogens with zero attached hydrogens (tertiary/aromatic N) is 1. The van der Waals surface area contributed by atoms with Gasteiger partial charge in [-0.1, -0.05) is 42.5 Å². The van der Waals surface area contributed by atoms with Crippen LogP contribution < -0.4 is 5.32 Å². The maximum Gasteiger partial charge on any atom is 0.235 e. The van der Waals surface area contributed by atoms with Crippen LogP contribution >= 0.6 is 0 Å². The van der Waals surface area contributed by atoms with E-state index in [0.29, 0.717) is 32.5 Å². The maximum absolute atomic E-state index is 13.3. The maximum atomic E-state index is 13.3. The molecular formula is C24H28N2O3. The first-order chi connectivity index (χ1) is 14.2. The molecule has 2 heterocycles. The standard InChI is InChI=1S/C24H28N2O3/c27-22(26-14-4-5-15-26)18-19-8-10-21(11-9-19)25-23(28)24(12-16-29-17-13-24)20-6-2-1-3-7-20/h1-3,6-11H,4-5,12-18H2,(H,25,28). The van der Waals surface area contributed by atoms with Crippen molar-refractivity contribution < 1.29 is 14.3 Å². The van der Waals surface area contributed by atoms with E-state index in [9.17, 15) is 9.59 Å². The molecule has 29 heavy (non-hydrogen) atoms. The van der Waals surface area contributed by atoms with Gasteiger partial charge in [0.1, 0.15) is 0 Å². The summed E-state index contributed by atoms with van der Waals surface area (Å²) in [6.45, 7) is 2.91. The number of anilines is 1. The number of nitrogens with one attached hydrogen (secondary N) is 1. The average molecular weight is 392 g/mol. The van der Waals surface area contributed by atoms with E-state index in [-0.39, 0.29) is 11.8 Å². The summed E-state index contributed by atoms with van der Waals surface area (Å²) >= 11 is 0. The van der Waals surface area contributed by atoms with Crippen molar-refractivity contribution in [1.29, 1.82) is 0 Å². The van der Waals surface area contributed by atoms with Gasteiger partial charge in [-0.3, -0.25) is 9.59 Å². The third-order valence-electron chi connectivity index (χ3n) is 6.13. The summed E-state index contributed by atoms with van der Waals surface area (Å²) in [6.07, 6.45) is 3.96. The number of amides is 2. The highest BCUT2D eigenvalue weighted by Crippen LogP contribution is 2.36. The van der Waals surface area contributed by atoms with Crippen LogP contribution in [0.4, 0.5) is 5.69 Å². The molecule has 0 atom stereocenters. The van der Waals surface area contributed by atoms with Gasteiger partial charge in [-0.15, -0.1) is 0 Å². The lowest BCUT2D eigenvalue weighted by atomic mass is 9.73. The molecule has 152 valence electrons. The Morgan fingerprint density at radius 3 is 2.24 bits per heavy atom. The van der Waals surface area contributed by atoms with E-state index in [2.05, 4.69) is 5.32 Å². The normalized spacial score (nSPS) is 18.4. The van der Waals surface area contributed by atoms with Crippen LogP contribution in [0.2, 0.25) is 0 Å². The first kappa shape index (κ1) is 19.6. The molecule has 4 rings (SSSR count). The van der Waals surface area contributed by atoms with Crippen molar-refractivity contribution in [2.45, 2.75) is 37.5 Å². The lowest BCUT2D eigenvalue weighted by Crippen LogP contribution is -2.44. The van der Waals surface area contributed by atoms with Crippen LogP contribution in [-0.4, -0.2) is 43.0 Å². The number of likely N-dealkylation sites (tertiary alicyclic amines) is 1. The second-order valence-electron chi connectivity index (χ2n) is 7.98.